The maximum absolute atomic E-state index is 13.0. The van der Waals surface area contributed by atoms with Crippen LogP contribution in [0.1, 0.15) is 17.7 Å². The fourth-order valence-corrected chi connectivity index (χ4v) is 5.74. The topological polar surface area (TPSA) is 73.8 Å². The van der Waals surface area contributed by atoms with Crippen molar-refractivity contribution in [2.45, 2.75) is 30.8 Å². The van der Waals surface area contributed by atoms with Crippen LogP contribution in [0, 0.1) is 6.92 Å². The Labute approximate surface area is 182 Å². The van der Waals surface area contributed by atoms with E-state index in [9.17, 15) is 13.2 Å². The minimum Gasteiger partial charge on any atom is -0.335 e. The molecule has 1 amide bonds. The molecule has 3 heterocycles. The van der Waals surface area contributed by atoms with Crippen LogP contribution in [0.4, 0.5) is 0 Å². The SMILES string of the molecule is Cc1ccc(S(=O)(=O)N2CCN(C3CCN(Cc4ccccn4)C3=O)CC2)cc1Cl. The molecule has 160 valence electrons. The first kappa shape index (κ1) is 21.2. The lowest BCUT2D eigenvalue weighted by Gasteiger charge is -2.36. The van der Waals surface area contributed by atoms with E-state index in [1.165, 1.54) is 10.4 Å². The summed E-state index contributed by atoms with van der Waals surface area (Å²) in [6, 6.07) is 10.3. The molecule has 4 rings (SSSR count). The quantitative estimate of drug-likeness (QED) is 0.700. The molecule has 0 N–H and O–H groups in total. The van der Waals surface area contributed by atoms with Crippen LogP contribution in [0.2, 0.25) is 5.02 Å². The number of benzene rings is 1. The average molecular weight is 449 g/mol. The molecule has 1 aromatic heterocycles. The fraction of sp³-hybridized carbons (Fsp3) is 0.429. The number of pyridine rings is 1. The zero-order valence-electron chi connectivity index (χ0n) is 16.9. The Morgan fingerprint density at radius 2 is 1.87 bits per heavy atom. The van der Waals surface area contributed by atoms with Crippen LogP contribution in [0.25, 0.3) is 0 Å². The van der Waals surface area contributed by atoms with Gasteiger partial charge >= 0.3 is 0 Å². The summed E-state index contributed by atoms with van der Waals surface area (Å²) < 4.78 is 27.4. The van der Waals surface area contributed by atoms with Crippen molar-refractivity contribution in [1.82, 2.24) is 19.1 Å². The number of nitrogens with zero attached hydrogens (tertiary/aromatic N) is 4. The first-order valence-corrected chi connectivity index (χ1v) is 11.9. The molecule has 2 fully saturated rings. The average Bonchev–Trinajstić information content (AvgIpc) is 3.11. The highest BCUT2D eigenvalue weighted by atomic mass is 35.5. The first-order chi connectivity index (χ1) is 14.4. The van der Waals surface area contributed by atoms with Crippen LogP contribution in [0.3, 0.4) is 0 Å². The molecule has 7 nitrogen and oxygen atoms in total. The van der Waals surface area contributed by atoms with E-state index in [0.717, 1.165) is 17.7 Å². The number of piperazine rings is 1. The van der Waals surface area contributed by atoms with Crippen LogP contribution in [-0.2, 0) is 21.4 Å². The lowest BCUT2D eigenvalue weighted by atomic mass is 10.2. The molecule has 2 aliphatic rings. The number of rotatable bonds is 5. The fourth-order valence-electron chi connectivity index (χ4n) is 4.04. The Bertz CT molecular complexity index is 1020. The smallest absolute Gasteiger partial charge is 0.243 e. The van der Waals surface area contributed by atoms with E-state index in [-0.39, 0.29) is 16.8 Å². The van der Waals surface area contributed by atoms with E-state index in [0.29, 0.717) is 44.3 Å². The minimum absolute atomic E-state index is 0.0993. The van der Waals surface area contributed by atoms with Gasteiger partial charge in [-0.1, -0.05) is 23.7 Å². The van der Waals surface area contributed by atoms with Crippen molar-refractivity contribution in [3.63, 3.8) is 0 Å². The zero-order valence-corrected chi connectivity index (χ0v) is 18.4. The highest BCUT2D eigenvalue weighted by molar-refractivity contribution is 7.89. The summed E-state index contributed by atoms with van der Waals surface area (Å²) in [6.07, 6.45) is 2.49. The highest BCUT2D eigenvalue weighted by Gasteiger charge is 2.39. The number of hydrogen-bond donors (Lipinski definition) is 0. The van der Waals surface area contributed by atoms with Gasteiger partial charge < -0.3 is 4.90 Å². The third-order valence-electron chi connectivity index (χ3n) is 5.84. The van der Waals surface area contributed by atoms with Gasteiger partial charge in [0, 0.05) is 43.9 Å². The van der Waals surface area contributed by atoms with Gasteiger partial charge in [-0.25, -0.2) is 8.42 Å². The lowest BCUT2D eigenvalue weighted by molar-refractivity contribution is -0.133. The molecule has 2 aromatic rings. The number of halogens is 1. The third kappa shape index (κ3) is 4.23. The van der Waals surface area contributed by atoms with Crippen LogP contribution < -0.4 is 0 Å². The number of aromatic nitrogens is 1. The Kier molecular flexibility index (Phi) is 6.11. The van der Waals surface area contributed by atoms with Gasteiger partial charge in [-0.05, 0) is 43.2 Å². The van der Waals surface area contributed by atoms with Gasteiger partial charge in [-0.2, -0.15) is 4.31 Å². The molecule has 30 heavy (non-hydrogen) atoms. The summed E-state index contributed by atoms with van der Waals surface area (Å²) in [7, 11) is -3.59. The van der Waals surface area contributed by atoms with E-state index in [1.807, 2.05) is 30.0 Å². The Morgan fingerprint density at radius 3 is 2.53 bits per heavy atom. The molecular weight excluding hydrogens is 424 g/mol. The van der Waals surface area contributed by atoms with Crippen molar-refractivity contribution >= 4 is 27.5 Å². The summed E-state index contributed by atoms with van der Waals surface area (Å²) in [5.74, 6) is 0.0993. The van der Waals surface area contributed by atoms with Crippen molar-refractivity contribution in [3.8, 4) is 0 Å². The normalized spacial score (nSPS) is 21.3. The minimum atomic E-state index is -3.59. The third-order valence-corrected chi connectivity index (χ3v) is 8.15. The lowest BCUT2D eigenvalue weighted by Crippen LogP contribution is -2.53. The number of sulfonamides is 1. The number of hydrogen-bond acceptors (Lipinski definition) is 5. The van der Waals surface area contributed by atoms with Gasteiger partial charge in [0.1, 0.15) is 0 Å². The van der Waals surface area contributed by atoms with Gasteiger partial charge in [-0.3, -0.25) is 14.7 Å². The van der Waals surface area contributed by atoms with Gasteiger partial charge in [0.2, 0.25) is 15.9 Å². The number of amides is 1. The second kappa shape index (κ2) is 8.63. The Hall–Kier alpha value is -2.00. The molecule has 1 unspecified atom stereocenters. The Balaban J connectivity index is 1.37. The summed E-state index contributed by atoms with van der Waals surface area (Å²) in [4.78, 5) is 21.3. The largest absolute Gasteiger partial charge is 0.335 e. The van der Waals surface area contributed by atoms with E-state index in [2.05, 4.69) is 9.88 Å². The molecule has 0 aliphatic carbocycles. The second-order valence-corrected chi connectivity index (χ2v) is 10.1. The van der Waals surface area contributed by atoms with Crippen molar-refractivity contribution in [2.75, 3.05) is 32.7 Å². The predicted molar refractivity (Wildman–Crippen MR) is 115 cm³/mol. The maximum atomic E-state index is 13.0. The van der Waals surface area contributed by atoms with Gasteiger partial charge in [-0.15, -0.1) is 0 Å². The summed E-state index contributed by atoms with van der Waals surface area (Å²) >= 11 is 6.12. The summed E-state index contributed by atoms with van der Waals surface area (Å²) in [6.45, 7) is 4.83. The summed E-state index contributed by atoms with van der Waals surface area (Å²) in [5.41, 5.74) is 1.72. The van der Waals surface area contributed by atoms with E-state index in [4.69, 9.17) is 11.6 Å². The number of aryl methyl sites for hydroxylation is 1. The Morgan fingerprint density at radius 1 is 1.10 bits per heavy atom. The van der Waals surface area contributed by atoms with Gasteiger partial charge in [0.25, 0.3) is 0 Å². The molecule has 1 aromatic carbocycles. The van der Waals surface area contributed by atoms with E-state index < -0.39 is 10.0 Å². The van der Waals surface area contributed by atoms with Crippen molar-refractivity contribution < 1.29 is 13.2 Å². The van der Waals surface area contributed by atoms with Crippen LogP contribution in [-0.4, -0.2) is 72.2 Å². The molecule has 1 atom stereocenters. The van der Waals surface area contributed by atoms with Crippen LogP contribution in [0.15, 0.2) is 47.5 Å². The molecule has 0 bridgehead atoms. The molecule has 2 saturated heterocycles. The molecule has 0 radical (unpaired) electrons. The highest BCUT2D eigenvalue weighted by Crippen LogP contribution is 2.25. The maximum Gasteiger partial charge on any atom is 0.243 e. The standard InChI is InChI=1S/C21H25ClN4O3S/c1-16-5-6-18(14-19(16)22)30(28,29)26-12-10-24(11-13-26)20-7-9-25(21(20)27)15-17-4-2-3-8-23-17/h2-6,8,14,20H,7,9-13,15H2,1H3. The zero-order chi connectivity index (χ0) is 21.3. The summed E-state index contributed by atoms with van der Waals surface area (Å²) in [5, 5.41) is 0.444. The number of likely N-dealkylation sites (tertiary alicyclic amines) is 1. The molecule has 0 spiro atoms. The van der Waals surface area contributed by atoms with Crippen LogP contribution in [0.5, 0.6) is 0 Å². The molecular formula is C21H25ClN4O3S. The first-order valence-electron chi connectivity index (χ1n) is 10.1. The van der Waals surface area contributed by atoms with E-state index in [1.54, 1.807) is 18.3 Å². The molecule has 9 heteroatoms. The number of carbonyl (C=O) groups excluding carboxylic acids is 1. The monoisotopic (exact) mass is 448 g/mol. The molecule has 2 aliphatic heterocycles. The predicted octanol–water partition coefficient (Wildman–Crippen LogP) is 2.15. The van der Waals surface area contributed by atoms with E-state index >= 15 is 0 Å². The van der Waals surface area contributed by atoms with Crippen LogP contribution >= 0.6 is 11.6 Å². The molecule has 0 saturated carbocycles. The second-order valence-electron chi connectivity index (χ2n) is 7.74. The van der Waals surface area contributed by atoms with Crippen molar-refractivity contribution in [3.05, 3.63) is 58.9 Å². The number of carbonyl (C=O) groups is 1. The van der Waals surface area contributed by atoms with Gasteiger partial charge in [0.05, 0.1) is 23.2 Å². The van der Waals surface area contributed by atoms with Gasteiger partial charge in [0.15, 0.2) is 0 Å². The van der Waals surface area contributed by atoms with Crippen molar-refractivity contribution in [1.29, 1.82) is 0 Å². The van der Waals surface area contributed by atoms with Crippen molar-refractivity contribution in [2.24, 2.45) is 0 Å².